The summed E-state index contributed by atoms with van der Waals surface area (Å²) in [5.41, 5.74) is 1.36. The molecular formula is C27H23ClN4O4S3. The van der Waals surface area contributed by atoms with Gasteiger partial charge in [0.15, 0.2) is 0 Å². The maximum Gasteiger partial charge on any atom is 0.257 e. The number of halogens is 1. The van der Waals surface area contributed by atoms with Crippen LogP contribution in [-0.4, -0.2) is 37.5 Å². The Labute approximate surface area is 239 Å². The lowest BCUT2D eigenvalue weighted by molar-refractivity contribution is 0.0949. The van der Waals surface area contributed by atoms with Crippen LogP contribution < -0.4 is 15.5 Å². The van der Waals surface area contributed by atoms with Crippen LogP contribution in [-0.2, 0) is 16.4 Å². The van der Waals surface area contributed by atoms with Crippen molar-refractivity contribution in [3.8, 4) is 10.6 Å². The molecule has 0 radical (unpaired) electrons. The third-order valence-corrected chi connectivity index (χ3v) is 10.2. The number of benzene rings is 3. The largest absolute Gasteiger partial charge is 0.347 e. The van der Waals surface area contributed by atoms with Gasteiger partial charge in [-0.1, -0.05) is 24.3 Å². The van der Waals surface area contributed by atoms with Gasteiger partial charge < -0.3 is 10.6 Å². The standard InChI is InChI=1S/C27H23ClN4O4S3/c28-31-12-3-13-37-19-9-6-17(7-10-19)27-30-16-20(38-27)15-29-25(33)18-8-11-24-22(14-18)32-26(34)21-4-1-2-5-23(21)39(24,35)36/h1-2,4-11,14,16,31H,3,12-13,15H2,(H,29,33)(H,32,34). The number of sulfone groups is 1. The number of rotatable bonds is 9. The van der Waals surface area contributed by atoms with E-state index in [0.717, 1.165) is 34.2 Å². The van der Waals surface area contributed by atoms with Crippen LogP contribution in [0.5, 0.6) is 0 Å². The first kappa shape index (κ1) is 27.4. The van der Waals surface area contributed by atoms with Crippen LogP contribution in [0.2, 0.25) is 0 Å². The Hall–Kier alpha value is -3.22. The maximum absolute atomic E-state index is 13.2. The van der Waals surface area contributed by atoms with Crippen LogP contribution in [0.15, 0.2) is 87.6 Å². The van der Waals surface area contributed by atoms with Crippen molar-refractivity contribution in [2.45, 2.75) is 27.7 Å². The lowest BCUT2D eigenvalue weighted by Gasteiger charge is -2.10. The molecule has 3 aromatic carbocycles. The molecule has 2 heterocycles. The molecule has 4 aromatic rings. The third-order valence-electron chi connectivity index (χ3n) is 5.96. The average molecular weight is 599 g/mol. The van der Waals surface area contributed by atoms with E-state index in [2.05, 4.69) is 32.6 Å². The normalized spacial score (nSPS) is 13.6. The van der Waals surface area contributed by atoms with E-state index in [1.165, 1.54) is 46.6 Å². The van der Waals surface area contributed by atoms with E-state index in [1.54, 1.807) is 30.1 Å². The molecule has 1 aromatic heterocycles. The van der Waals surface area contributed by atoms with E-state index >= 15 is 0 Å². The molecule has 3 N–H and O–H groups in total. The number of nitrogens with zero attached hydrogens (tertiary/aromatic N) is 1. The molecule has 200 valence electrons. The van der Waals surface area contributed by atoms with E-state index < -0.39 is 21.7 Å². The highest BCUT2D eigenvalue weighted by Crippen LogP contribution is 2.34. The van der Waals surface area contributed by atoms with Crippen molar-refractivity contribution in [1.82, 2.24) is 15.1 Å². The number of thiazole rings is 1. The van der Waals surface area contributed by atoms with Gasteiger partial charge in [0.1, 0.15) is 5.01 Å². The van der Waals surface area contributed by atoms with Crippen LogP contribution >= 0.6 is 34.9 Å². The number of hydrogen-bond acceptors (Lipinski definition) is 8. The van der Waals surface area contributed by atoms with Crippen molar-refractivity contribution in [1.29, 1.82) is 0 Å². The molecule has 0 spiro atoms. The molecule has 1 aliphatic heterocycles. The Morgan fingerprint density at radius 2 is 1.85 bits per heavy atom. The number of aromatic nitrogens is 1. The van der Waals surface area contributed by atoms with Gasteiger partial charge in [0.05, 0.1) is 27.6 Å². The van der Waals surface area contributed by atoms with Gasteiger partial charge in [0, 0.05) is 33.6 Å². The van der Waals surface area contributed by atoms with Gasteiger partial charge in [0.25, 0.3) is 11.8 Å². The minimum Gasteiger partial charge on any atom is -0.347 e. The highest BCUT2D eigenvalue weighted by atomic mass is 35.5. The van der Waals surface area contributed by atoms with Crippen LogP contribution in [0.25, 0.3) is 10.6 Å². The summed E-state index contributed by atoms with van der Waals surface area (Å²) in [7, 11) is -3.93. The Bertz CT molecular complexity index is 1640. The molecule has 2 amide bonds. The Morgan fingerprint density at radius 3 is 2.64 bits per heavy atom. The first-order chi connectivity index (χ1) is 18.9. The van der Waals surface area contributed by atoms with Crippen LogP contribution in [0.3, 0.4) is 0 Å². The Kier molecular flexibility index (Phi) is 8.34. The number of amides is 2. The second kappa shape index (κ2) is 11.9. The van der Waals surface area contributed by atoms with Gasteiger partial charge >= 0.3 is 0 Å². The summed E-state index contributed by atoms with van der Waals surface area (Å²) in [6.45, 7) is 1.02. The molecule has 12 heteroatoms. The molecule has 5 rings (SSSR count). The minimum atomic E-state index is -3.93. The number of fused-ring (bicyclic) bond motifs is 2. The summed E-state index contributed by atoms with van der Waals surface area (Å²) >= 11 is 8.73. The summed E-state index contributed by atoms with van der Waals surface area (Å²) in [5, 5.41) is 6.32. The fraction of sp³-hybridized carbons (Fsp3) is 0.148. The monoisotopic (exact) mass is 598 g/mol. The van der Waals surface area contributed by atoms with Crippen molar-refractivity contribution in [3.63, 3.8) is 0 Å². The maximum atomic E-state index is 13.2. The van der Waals surface area contributed by atoms with E-state index in [0.29, 0.717) is 0 Å². The number of carbonyl (C=O) groups excluding carboxylic acids is 2. The number of nitrogens with one attached hydrogen (secondary N) is 3. The summed E-state index contributed by atoms with van der Waals surface area (Å²) in [5.74, 6) is 0.0325. The lowest BCUT2D eigenvalue weighted by Crippen LogP contribution is -2.22. The zero-order valence-corrected chi connectivity index (χ0v) is 23.6. The molecule has 8 nitrogen and oxygen atoms in total. The van der Waals surface area contributed by atoms with Gasteiger partial charge in [-0.15, -0.1) is 23.1 Å². The summed E-state index contributed by atoms with van der Waals surface area (Å²) < 4.78 is 26.3. The zero-order valence-electron chi connectivity index (χ0n) is 20.4. The molecule has 0 aliphatic carbocycles. The van der Waals surface area contributed by atoms with Crippen molar-refractivity contribution < 1.29 is 18.0 Å². The number of anilines is 1. The molecular weight excluding hydrogens is 576 g/mol. The van der Waals surface area contributed by atoms with Gasteiger partial charge in [-0.3, -0.25) is 9.59 Å². The fourth-order valence-corrected chi connectivity index (χ4v) is 7.45. The minimum absolute atomic E-state index is 0.0545. The van der Waals surface area contributed by atoms with E-state index in [1.807, 2.05) is 12.1 Å². The molecule has 0 atom stereocenters. The number of thioether (sulfide) groups is 1. The van der Waals surface area contributed by atoms with Gasteiger partial charge in [-0.25, -0.2) is 18.2 Å². The topological polar surface area (TPSA) is 117 Å². The molecule has 0 saturated carbocycles. The third kappa shape index (κ3) is 6.02. The highest BCUT2D eigenvalue weighted by Gasteiger charge is 2.31. The van der Waals surface area contributed by atoms with Gasteiger partial charge in [-0.2, -0.15) is 0 Å². The van der Waals surface area contributed by atoms with E-state index in [-0.39, 0.29) is 33.2 Å². The predicted molar refractivity (Wildman–Crippen MR) is 154 cm³/mol. The van der Waals surface area contributed by atoms with Crippen LogP contribution in [0.4, 0.5) is 5.69 Å². The lowest BCUT2D eigenvalue weighted by atomic mass is 10.1. The first-order valence-electron chi connectivity index (χ1n) is 12.0. The second-order valence-corrected chi connectivity index (χ2v) is 13.0. The van der Waals surface area contributed by atoms with E-state index in [4.69, 9.17) is 11.8 Å². The second-order valence-electron chi connectivity index (χ2n) is 8.59. The van der Waals surface area contributed by atoms with Crippen LogP contribution in [0.1, 0.15) is 32.0 Å². The van der Waals surface area contributed by atoms with Crippen LogP contribution in [0, 0.1) is 0 Å². The zero-order chi connectivity index (χ0) is 27.4. The Morgan fingerprint density at radius 1 is 1.05 bits per heavy atom. The molecule has 0 unspecified atom stereocenters. The molecule has 39 heavy (non-hydrogen) atoms. The van der Waals surface area contributed by atoms with Crippen molar-refractivity contribution in [3.05, 3.63) is 88.9 Å². The summed E-state index contributed by atoms with van der Waals surface area (Å²) in [6.07, 6.45) is 2.70. The fourth-order valence-electron chi connectivity index (χ4n) is 4.01. The number of hydrogen-bond donors (Lipinski definition) is 3. The molecule has 0 fully saturated rings. The molecule has 1 aliphatic rings. The summed E-state index contributed by atoms with van der Waals surface area (Å²) in [4.78, 5) is 34.6. The van der Waals surface area contributed by atoms with Crippen molar-refractivity contribution in [2.24, 2.45) is 0 Å². The molecule has 0 saturated heterocycles. The first-order valence-corrected chi connectivity index (χ1v) is 15.6. The van der Waals surface area contributed by atoms with Gasteiger partial charge in [0.2, 0.25) is 9.84 Å². The average Bonchev–Trinajstić information content (AvgIpc) is 3.40. The highest BCUT2D eigenvalue weighted by molar-refractivity contribution is 7.99. The Balaban J connectivity index is 1.24. The summed E-state index contributed by atoms with van der Waals surface area (Å²) in [6, 6.07) is 18.4. The predicted octanol–water partition coefficient (Wildman–Crippen LogP) is 5.36. The quantitative estimate of drug-likeness (QED) is 0.135. The van der Waals surface area contributed by atoms with Gasteiger partial charge in [-0.05, 0) is 66.4 Å². The smallest absolute Gasteiger partial charge is 0.257 e. The van der Waals surface area contributed by atoms with Crippen molar-refractivity contribution in [2.75, 3.05) is 17.6 Å². The van der Waals surface area contributed by atoms with E-state index in [9.17, 15) is 18.0 Å². The number of carbonyl (C=O) groups is 2. The SMILES string of the molecule is O=C(NCc1cnc(-c2ccc(SCCCNCl)cc2)s1)c1ccc2c(c1)NC(=O)c1ccccc1S2(=O)=O. The van der Waals surface area contributed by atoms with Crippen molar-refractivity contribution >= 4 is 62.2 Å². The molecule has 0 bridgehead atoms.